The molecule has 0 unspecified atom stereocenters. The maximum Gasteiger partial charge on any atom is 0.259 e. The summed E-state index contributed by atoms with van der Waals surface area (Å²) < 4.78 is 5.29. The number of amides is 2. The molecule has 6 nitrogen and oxygen atoms in total. The quantitative estimate of drug-likeness (QED) is 0.849. The molecule has 2 heterocycles. The van der Waals surface area contributed by atoms with Crippen molar-refractivity contribution in [3.05, 3.63) is 41.7 Å². The highest BCUT2D eigenvalue weighted by atomic mass is 16.5. The number of benzene rings is 1. The van der Waals surface area contributed by atoms with Crippen LogP contribution in [0.2, 0.25) is 0 Å². The molecule has 0 aliphatic carbocycles. The molecule has 0 saturated carbocycles. The van der Waals surface area contributed by atoms with Crippen LogP contribution in [-0.2, 0) is 4.79 Å². The van der Waals surface area contributed by atoms with Gasteiger partial charge in [-0.3, -0.25) is 9.59 Å². The lowest BCUT2D eigenvalue weighted by Crippen LogP contribution is -2.36. The summed E-state index contributed by atoms with van der Waals surface area (Å²) in [6.45, 7) is 5.72. The van der Waals surface area contributed by atoms with E-state index in [4.69, 9.17) is 4.52 Å². The molecule has 0 N–H and O–H groups in total. The average Bonchev–Trinajstić information content (AvgIpc) is 2.81. The van der Waals surface area contributed by atoms with Crippen LogP contribution >= 0.6 is 0 Å². The predicted octanol–water partition coefficient (Wildman–Crippen LogP) is 2.34. The smallest absolute Gasteiger partial charge is 0.259 e. The zero-order valence-electron chi connectivity index (χ0n) is 14.0. The van der Waals surface area contributed by atoms with Gasteiger partial charge >= 0.3 is 0 Å². The van der Waals surface area contributed by atoms with E-state index >= 15 is 0 Å². The summed E-state index contributed by atoms with van der Waals surface area (Å²) in [5.41, 5.74) is 1.95. The summed E-state index contributed by atoms with van der Waals surface area (Å²) in [6.07, 6.45) is 0.774. The van der Waals surface area contributed by atoms with E-state index in [2.05, 4.69) is 5.16 Å². The minimum atomic E-state index is -0.0852. The standard InChI is InChI=1S/C18H21N3O3/c1-13-16(17(19-24-13)15-7-4-3-5-8-15)18(23)21-10-6-9-20(11-12-21)14(2)22/h3-5,7-8H,6,9-12H2,1-2H3. The molecule has 1 fully saturated rings. The van der Waals surface area contributed by atoms with Crippen LogP contribution in [0.15, 0.2) is 34.9 Å². The molecule has 1 aliphatic heterocycles. The molecular formula is C18H21N3O3. The highest BCUT2D eigenvalue weighted by Gasteiger charge is 2.27. The Labute approximate surface area is 141 Å². The van der Waals surface area contributed by atoms with Gasteiger partial charge in [-0.1, -0.05) is 35.5 Å². The molecule has 2 amide bonds. The van der Waals surface area contributed by atoms with Crippen LogP contribution in [0.1, 0.15) is 29.5 Å². The van der Waals surface area contributed by atoms with Crippen LogP contribution in [0.4, 0.5) is 0 Å². The number of aryl methyl sites for hydroxylation is 1. The van der Waals surface area contributed by atoms with Gasteiger partial charge in [-0.05, 0) is 13.3 Å². The zero-order valence-corrected chi connectivity index (χ0v) is 14.0. The van der Waals surface area contributed by atoms with Crippen LogP contribution in [0.3, 0.4) is 0 Å². The second-order valence-corrected chi connectivity index (χ2v) is 5.98. The van der Waals surface area contributed by atoms with Crippen LogP contribution in [0.25, 0.3) is 11.3 Å². The van der Waals surface area contributed by atoms with Crippen LogP contribution in [0.5, 0.6) is 0 Å². The molecule has 1 saturated heterocycles. The molecule has 0 spiro atoms. The molecule has 126 valence electrons. The van der Waals surface area contributed by atoms with Crippen molar-refractivity contribution in [2.45, 2.75) is 20.3 Å². The molecule has 0 radical (unpaired) electrons. The summed E-state index contributed by atoms with van der Waals surface area (Å²) in [5.74, 6) is 0.486. The molecule has 1 aromatic carbocycles. The minimum Gasteiger partial charge on any atom is -0.360 e. The molecule has 0 bridgehead atoms. The first-order valence-corrected chi connectivity index (χ1v) is 8.14. The van der Waals surface area contributed by atoms with Crippen molar-refractivity contribution in [3.8, 4) is 11.3 Å². The second kappa shape index (κ2) is 6.86. The van der Waals surface area contributed by atoms with Gasteiger partial charge in [0.05, 0.1) is 0 Å². The molecule has 2 aromatic rings. The Balaban J connectivity index is 1.86. The molecular weight excluding hydrogens is 306 g/mol. The van der Waals surface area contributed by atoms with Gasteiger partial charge in [-0.25, -0.2) is 0 Å². The van der Waals surface area contributed by atoms with Crippen LogP contribution < -0.4 is 0 Å². The number of carbonyl (C=O) groups is 2. The fraction of sp³-hybridized carbons (Fsp3) is 0.389. The van der Waals surface area contributed by atoms with E-state index in [9.17, 15) is 9.59 Å². The van der Waals surface area contributed by atoms with Gasteiger partial charge in [0.1, 0.15) is 17.0 Å². The topological polar surface area (TPSA) is 66.7 Å². The number of hydrogen-bond acceptors (Lipinski definition) is 4. The van der Waals surface area contributed by atoms with E-state index in [-0.39, 0.29) is 11.8 Å². The fourth-order valence-corrected chi connectivity index (χ4v) is 3.01. The van der Waals surface area contributed by atoms with Crippen molar-refractivity contribution in [1.29, 1.82) is 0 Å². The SMILES string of the molecule is CC(=O)N1CCCN(C(=O)c2c(-c3ccccc3)noc2C)CC1. The zero-order chi connectivity index (χ0) is 17.1. The van der Waals surface area contributed by atoms with Crippen molar-refractivity contribution < 1.29 is 14.1 Å². The molecule has 3 rings (SSSR count). The number of nitrogens with zero attached hydrogens (tertiary/aromatic N) is 3. The summed E-state index contributed by atoms with van der Waals surface area (Å²) in [6, 6.07) is 9.56. The monoisotopic (exact) mass is 327 g/mol. The van der Waals surface area contributed by atoms with Gasteiger partial charge in [0.25, 0.3) is 5.91 Å². The van der Waals surface area contributed by atoms with Crippen molar-refractivity contribution in [1.82, 2.24) is 15.0 Å². The Bertz CT molecular complexity index is 739. The first-order chi connectivity index (χ1) is 11.6. The summed E-state index contributed by atoms with van der Waals surface area (Å²) in [5, 5.41) is 4.08. The van der Waals surface area contributed by atoms with E-state index in [1.807, 2.05) is 30.3 Å². The Morgan fingerprint density at radius 2 is 1.71 bits per heavy atom. The third kappa shape index (κ3) is 3.18. The van der Waals surface area contributed by atoms with E-state index in [0.717, 1.165) is 12.0 Å². The van der Waals surface area contributed by atoms with Gasteiger partial charge in [0, 0.05) is 38.7 Å². The number of aromatic nitrogens is 1. The van der Waals surface area contributed by atoms with E-state index in [0.29, 0.717) is 43.2 Å². The molecule has 0 atom stereocenters. The summed E-state index contributed by atoms with van der Waals surface area (Å²) in [4.78, 5) is 28.1. The van der Waals surface area contributed by atoms with Gasteiger partial charge in [-0.15, -0.1) is 0 Å². The maximum absolute atomic E-state index is 13.0. The van der Waals surface area contributed by atoms with Gasteiger partial charge in [0.2, 0.25) is 5.91 Å². The third-order valence-corrected chi connectivity index (χ3v) is 4.35. The number of hydrogen-bond donors (Lipinski definition) is 0. The Hall–Kier alpha value is -2.63. The van der Waals surface area contributed by atoms with Crippen molar-refractivity contribution >= 4 is 11.8 Å². The Kier molecular flexibility index (Phi) is 4.64. The predicted molar refractivity (Wildman–Crippen MR) is 89.5 cm³/mol. The Morgan fingerprint density at radius 3 is 2.42 bits per heavy atom. The van der Waals surface area contributed by atoms with E-state index < -0.39 is 0 Å². The first-order valence-electron chi connectivity index (χ1n) is 8.14. The molecule has 1 aromatic heterocycles. The average molecular weight is 327 g/mol. The molecule has 1 aliphatic rings. The Morgan fingerprint density at radius 1 is 1.04 bits per heavy atom. The van der Waals surface area contributed by atoms with E-state index in [1.54, 1.807) is 23.6 Å². The molecule has 6 heteroatoms. The molecule has 24 heavy (non-hydrogen) atoms. The normalized spacial score (nSPS) is 15.2. The third-order valence-electron chi connectivity index (χ3n) is 4.35. The minimum absolute atomic E-state index is 0.0513. The van der Waals surface area contributed by atoms with Gasteiger partial charge < -0.3 is 14.3 Å². The lowest BCUT2D eigenvalue weighted by molar-refractivity contribution is -0.128. The first kappa shape index (κ1) is 16.2. The lowest BCUT2D eigenvalue weighted by atomic mass is 10.1. The van der Waals surface area contributed by atoms with Gasteiger partial charge in [-0.2, -0.15) is 0 Å². The van der Waals surface area contributed by atoms with E-state index in [1.165, 1.54) is 0 Å². The number of carbonyl (C=O) groups excluding carboxylic acids is 2. The lowest BCUT2D eigenvalue weighted by Gasteiger charge is -2.21. The van der Waals surface area contributed by atoms with Crippen LogP contribution in [0, 0.1) is 6.92 Å². The van der Waals surface area contributed by atoms with Crippen molar-refractivity contribution in [2.24, 2.45) is 0 Å². The largest absolute Gasteiger partial charge is 0.360 e. The maximum atomic E-state index is 13.0. The van der Waals surface area contributed by atoms with Crippen molar-refractivity contribution in [3.63, 3.8) is 0 Å². The van der Waals surface area contributed by atoms with Gasteiger partial charge in [0.15, 0.2) is 0 Å². The van der Waals surface area contributed by atoms with Crippen LogP contribution in [-0.4, -0.2) is 52.9 Å². The summed E-state index contributed by atoms with van der Waals surface area (Å²) in [7, 11) is 0. The number of rotatable bonds is 2. The highest BCUT2D eigenvalue weighted by molar-refractivity contribution is 6.00. The highest BCUT2D eigenvalue weighted by Crippen LogP contribution is 2.26. The summed E-state index contributed by atoms with van der Waals surface area (Å²) >= 11 is 0. The van der Waals surface area contributed by atoms with Crippen molar-refractivity contribution in [2.75, 3.05) is 26.2 Å². The fourth-order valence-electron chi connectivity index (χ4n) is 3.01. The second-order valence-electron chi connectivity index (χ2n) is 5.98.